The van der Waals surface area contributed by atoms with Crippen LogP contribution >= 0.6 is 0 Å². The van der Waals surface area contributed by atoms with Crippen LogP contribution in [-0.4, -0.2) is 7.11 Å². The monoisotopic (exact) mass is 281 g/mol. The standard InChI is InChI=1S/C18H19NO2/c1-12-6-4-8-16(13(12)2)19-11-15-10-14-7-5-9-17(20-3)18(14)21-15/h4-10,19H,11H2,1-3H3. The first kappa shape index (κ1) is 13.6. The van der Waals surface area contributed by atoms with Gasteiger partial charge in [-0.05, 0) is 43.2 Å². The number of nitrogens with one attached hydrogen (secondary N) is 1. The lowest BCUT2D eigenvalue weighted by atomic mass is 10.1. The van der Waals surface area contributed by atoms with E-state index in [-0.39, 0.29) is 0 Å². The molecule has 0 fully saturated rings. The highest BCUT2D eigenvalue weighted by molar-refractivity contribution is 5.83. The summed E-state index contributed by atoms with van der Waals surface area (Å²) in [6.45, 7) is 4.90. The van der Waals surface area contributed by atoms with Crippen LogP contribution in [0.5, 0.6) is 5.75 Å². The van der Waals surface area contributed by atoms with Crippen LogP contribution in [0, 0.1) is 13.8 Å². The number of anilines is 1. The van der Waals surface area contributed by atoms with Crippen LogP contribution in [0.25, 0.3) is 11.0 Å². The van der Waals surface area contributed by atoms with Gasteiger partial charge in [-0.15, -0.1) is 0 Å². The van der Waals surface area contributed by atoms with Gasteiger partial charge in [0.15, 0.2) is 11.3 Å². The maximum atomic E-state index is 5.89. The molecule has 1 N–H and O–H groups in total. The lowest BCUT2D eigenvalue weighted by Crippen LogP contribution is -2.00. The van der Waals surface area contributed by atoms with E-state index < -0.39 is 0 Å². The Kier molecular flexibility index (Phi) is 3.57. The van der Waals surface area contributed by atoms with Crippen molar-refractivity contribution < 1.29 is 9.15 Å². The molecule has 0 amide bonds. The molecule has 0 aliphatic carbocycles. The van der Waals surface area contributed by atoms with Crippen LogP contribution in [0.1, 0.15) is 16.9 Å². The van der Waals surface area contributed by atoms with E-state index >= 15 is 0 Å². The van der Waals surface area contributed by atoms with Gasteiger partial charge in [0, 0.05) is 11.1 Å². The van der Waals surface area contributed by atoms with E-state index in [4.69, 9.17) is 9.15 Å². The Morgan fingerprint density at radius 1 is 1.10 bits per heavy atom. The van der Waals surface area contributed by atoms with Gasteiger partial charge in [-0.3, -0.25) is 0 Å². The van der Waals surface area contributed by atoms with Crippen molar-refractivity contribution in [3.05, 3.63) is 59.4 Å². The van der Waals surface area contributed by atoms with Gasteiger partial charge in [0.25, 0.3) is 0 Å². The number of aryl methyl sites for hydroxylation is 1. The molecule has 0 spiro atoms. The number of rotatable bonds is 4. The van der Waals surface area contributed by atoms with E-state index in [9.17, 15) is 0 Å². The fourth-order valence-electron chi connectivity index (χ4n) is 2.46. The quantitative estimate of drug-likeness (QED) is 0.754. The molecule has 0 saturated heterocycles. The second kappa shape index (κ2) is 5.52. The van der Waals surface area contributed by atoms with Crippen molar-refractivity contribution >= 4 is 16.7 Å². The fraction of sp³-hybridized carbons (Fsp3) is 0.222. The molecule has 1 heterocycles. The zero-order chi connectivity index (χ0) is 14.8. The highest BCUT2D eigenvalue weighted by Crippen LogP contribution is 2.29. The lowest BCUT2D eigenvalue weighted by molar-refractivity contribution is 0.408. The van der Waals surface area contributed by atoms with E-state index in [1.54, 1.807) is 7.11 Å². The van der Waals surface area contributed by atoms with Crippen LogP contribution in [0.4, 0.5) is 5.69 Å². The Morgan fingerprint density at radius 3 is 2.71 bits per heavy atom. The molecule has 3 aromatic rings. The molecular formula is C18H19NO2. The van der Waals surface area contributed by atoms with Crippen molar-refractivity contribution in [3.63, 3.8) is 0 Å². The van der Waals surface area contributed by atoms with Gasteiger partial charge in [-0.1, -0.05) is 24.3 Å². The molecule has 3 nitrogen and oxygen atoms in total. The summed E-state index contributed by atoms with van der Waals surface area (Å²) < 4.78 is 11.2. The molecule has 0 atom stereocenters. The van der Waals surface area contributed by atoms with Gasteiger partial charge in [0.05, 0.1) is 13.7 Å². The topological polar surface area (TPSA) is 34.4 Å². The summed E-state index contributed by atoms with van der Waals surface area (Å²) in [5.74, 6) is 1.67. The van der Waals surface area contributed by atoms with E-state index in [2.05, 4.69) is 43.4 Å². The molecule has 0 radical (unpaired) electrons. The number of hydrogen-bond acceptors (Lipinski definition) is 3. The van der Waals surface area contributed by atoms with Crippen molar-refractivity contribution in [2.75, 3.05) is 12.4 Å². The SMILES string of the molecule is COc1cccc2cc(CNc3cccc(C)c3C)oc12. The van der Waals surface area contributed by atoms with Crippen molar-refractivity contribution in [3.8, 4) is 5.75 Å². The predicted octanol–water partition coefficient (Wildman–Crippen LogP) is 4.67. The third kappa shape index (κ3) is 2.59. The summed E-state index contributed by atoms with van der Waals surface area (Å²) >= 11 is 0. The third-order valence-electron chi connectivity index (χ3n) is 3.84. The average molecular weight is 281 g/mol. The number of ether oxygens (including phenoxy) is 1. The van der Waals surface area contributed by atoms with E-state index in [1.165, 1.54) is 11.1 Å². The Morgan fingerprint density at radius 2 is 1.90 bits per heavy atom. The van der Waals surface area contributed by atoms with E-state index in [1.807, 2.05) is 18.2 Å². The first-order chi connectivity index (χ1) is 10.2. The largest absolute Gasteiger partial charge is 0.493 e. The van der Waals surface area contributed by atoms with Crippen LogP contribution in [0.3, 0.4) is 0 Å². The Balaban J connectivity index is 1.84. The number of para-hydroxylation sites is 1. The van der Waals surface area contributed by atoms with Crippen LogP contribution in [0.2, 0.25) is 0 Å². The smallest absolute Gasteiger partial charge is 0.176 e. The zero-order valence-corrected chi connectivity index (χ0v) is 12.6. The highest BCUT2D eigenvalue weighted by Gasteiger charge is 2.09. The van der Waals surface area contributed by atoms with Crippen LogP contribution in [0.15, 0.2) is 46.9 Å². The van der Waals surface area contributed by atoms with Gasteiger partial charge >= 0.3 is 0 Å². The van der Waals surface area contributed by atoms with Crippen molar-refractivity contribution in [1.29, 1.82) is 0 Å². The Bertz CT molecular complexity index is 774. The van der Waals surface area contributed by atoms with Crippen molar-refractivity contribution in [2.45, 2.75) is 20.4 Å². The molecule has 0 aliphatic heterocycles. The molecule has 0 aliphatic rings. The molecular weight excluding hydrogens is 262 g/mol. The molecule has 0 bridgehead atoms. The molecule has 1 aromatic heterocycles. The predicted molar refractivity (Wildman–Crippen MR) is 86.0 cm³/mol. The molecule has 3 heteroatoms. The summed E-state index contributed by atoms with van der Waals surface area (Å²) in [5, 5.41) is 4.50. The minimum atomic E-state index is 0.655. The Labute approximate surface area is 124 Å². The molecule has 0 unspecified atom stereocenters. The summed E-state index contributed by atoms with van der Waals surface area (Å²) in [5.41, 5.74) is 4.50. The maximum absolute atomic E-state index is 5.89. The first-order valence-corrected chi connectivity index (χ1v) is 7.04. The molecule has 3 rings (SSSR count). The number of hydrogen-bond donors (Lipinski definition) is 1. The van der Waals surface area contributed by atoms with Crippen LogP contribution < -0.4 is 10.1 Å². The van der Waals surface area contributed by atoms with Gasteiger partial charge < -0.3 is 14.5 Å². The lowest BCUT2D eigenvalue weighted by Gasteiger charge is -2.10. The summed E-state index contributed by atoms with van der Waals surface area (Å²) in [6.07, 6.45) is 0. The van der Waals surface area contributed by atoms with E-state index in [0.29, 0.717) is 6.54 Å². The minimum absolute atomic E-state index is 0.655. The highest BCUT2D eigenvalue weighted by atomic mass is 16.5. The number of methoxy groups -OCH3 is 1. The molecule has 0 saturated carbocycles. The minimum Gasteiger partial charge on any atom is -0.493 e. The average Bonchev–Trinajstić information content (AvgIpc) is 2.91. The van der Waals surface area contributed by atoms with Gasteiger partial charge in [0.1, 0.15) is 5.76 Å². The summed E-state index contributed by atoms with van der Waals surface area (Å²) in [7, 11) is 1.66. The first-order valence-electron chi connectivity index (χ1n) is 7.04. The van der Waals surface area contributed by atoms with Crippen molar-refractivity contribution in [1.82, 2.24) is 0 Å². The Hall–Kier alpha value is -2.42. The van der Waals surface area contributed by atoms with Gasteiger partial charge in [-0.25, -0.2) is 0 Å². The zero-order valence-electron chi connectivity index (χ0n) is 12.6. The normalized spacial score (nSPS) is 10.8. The number of benzene rings is 2. The summed E-state index contributed by atoms with van der Waals surface area (Å²) in [4.78, 5) is 0. The van der Waals surface area contributed by atoms with Gasteiger partial charge in [0.2, 0.25) is 0 Å². The van der Waals surface area contributed by atoms with Crippen molar-refractivity contribution in [2.24, 2.45) is 0 Å². The molecule has 108 valence electrons. The number of fused-ring (bicyclic) bond motifs is 1. The molecule has 2 aromatic carbocycles. The fourth-order valence-corrected chi connectivity index (χ4v) is 2.46. The summed E-state index contributed by atoms with van der Waals surface area (Å²) in [6, 6.07) is 14.2. The molecule has 21 heavy (non-hydrogen) atoms. The number of furan rings is 1. The second-order valence-electron chi connectivity index (χ2n) is 5.19. The van der Waals surface area contributed by atoms with E-state index in [0.717, 1.165) is 28.2 Å². The third-order valence-corrected chi connectivity index (χ3v) is 3.84. The second-order valence-corrected chi connectivity index (χ2v) is 5.19. The van der Waals surface area contributed by atoms with Crippen LogP contribution in [-0.2, 0) is 6.54 Å². The maximum Gasteiger partial charge on any atom is 0.176 e. The van der Waals surface area contributed by atoms with Gasteiger partial charge in [-0.2, -0.15) is 0 Å².